The lowest BCUT2D eigenvalue weighted by Gasteiger charge is -2.16. The fourth-order valence-electron chi connectivity index (χ4n) is 2.52. The van der Waals surface area contributed by atoms with Gasteiger partial charge in [0.15, 0.2) is 0 Å². The zero-order valence-corrected chi connectivity index (χ0v) is 10.4. The highest BCUT2D eigenvalue weighted by Gasteiger charge is 2.22. The van der Waals surface area contributed by atoms with Crippen LogP contribution in [0.3, 0.4) is 0 Å². The van der Waals surface area contributed by atoms with Gasteiger partial charge in [-0.15, -0.1) is 0 Å². The molecule has 1 aromatic carbocycles. The van der Waals surface area contributed by atoms with Crippen LogP contribution in [0.4, 0.5) is 0 Å². The van der Waals surface area contributed by atoms with Gasteiger partial charge in [0.25, 0.3) is 5.56 Å². The average Bonchev–Trinajstić information content (AvgIpc) is 2.64. The Balaban J connectivity index is 2.21. The molecule has 0 spiro atoms. The summed E-state index contributed by atoms with van der Waals surface area (Å²) in [4.78, 5) is 12.3. The molecule has 0 saturated carbocycles. The van der Waals surface area contributed by atoms with Gasteiger partial charge in [-0.2, -0.15) is 0 Å². The third-order valence-corrected chi connectivity index (χ3v) is 3.54. The molecule has 1 aliphatic rings. The zero-order chi connectivity index (χ0) is 12.7. The summed E-state index contributed by atoms with van der Waals surface area (Å²) in [6.45, 7) is 3.41. The standard InChI is InChI=1S/C14H16N2O2/c1-10-4-6-11(7-5-10)12-13(17)15-8-2-3-9-16(15)14(12)18/h4-7,17H,2-3,8-9H2,1H3. The van der Waals surface area contributed by atoms with Crippen molar-refractivity contribution in [2.45, 2.75) is 32.9 Å². The minimum absolute atomic E-state index is 0.0870. The molecule has 0 radical (unpaired) electrons. The Morgan fingerprint density at radius 1 is 1.06 bits per heavy atom. The fourth-order valence-corrected chi connectivity index (χ4v) is 2.52. The number of aryl methyl sites for hydroxylation is 1. The Morgan fingerprint density at radius 2 is 1.67 bits per heavy atom. The van der Waals surface area contributed by atoms with E-state index < -0.39 is 0 Å². The highest BCUT2D eigenvalue weighted by Crippen LogP contribution is 2.28. The highest BCUT2D eigenvalue weighted by molar-refractivity contribution is 5.68. The molecular weight excluding hydrogens is 228 g/mol. The number of aromatic nitrogens is 2. The quantitative estimate of drug-likeness (QED) is 0.835. The van der Waals surface area contributed by atoms with E-state index in [0.29, 0.717) is 18.7 Å². The molecule has 0 amide bonds. The van der Waals surface area contributed by atoms with E-state index in [0.717, 1.165) is 24.0 Å². The monoisotopic (exact) mass is 244 g/mol. The first kappa shape index (κ1) is 11.1. The summed E-state index contributed by atoms with van der Waals surface area (Å²) in [6.07, 6.45) is 2.01. The van der Waals surface area contributed by atoms with Gasteiger partial charge < -0.3 is 5.11 Å². The van der Waals surface area contributed by atoms with Crippen molar-refractivity contribution in [2.24, 2.45) is 0 Å². The number of hydrogen-bond acceptors (Lipinski definition) is 2. The van der Waals surface area contributed by atoms with Crippen LogP contribution in [-0.2, 0) is 13.1 Å². The number of aromatic hydroxyl groups is 1. The van der Waals surface area contributed by atoms with Gasteiger partial charge >= 0.3 is 0 Å². The second-order valence-electron chi connectivity index (χ2n) is 4.82. The Morgan fingerprint density at radius 3 is 2.28 bits per heavy atom. The third-order valence-electron chi connectivity index (χ3n) is 3.54. The topological polar surface area (TPSA) is 47.2 Å². The molecule has 18 heavy (non-hydrogen) atoms. The van der Waals surface area contributed by atoms with Gasteiger partial charge in [-0.05, 0) is 25.3 Å². The summed E-state index contributed by atoms with van der Waals surface area (Å²) in [5.41, 5.74) is 2.27. The van der Waals surface area contributed by atoms with Crippen LogP contribution < -0.4 is 5.56 Å². The minimum Gasteiger partial charge on any atom is -0.493 e. The lowest BCUT2D eigenvalue weighted by atomic mass is 10.1. The van der Waals surface area contributed by atoms with E-state index >= 15 is 0 Å². The Hall–Kier alpha value is -1.97. The number of nitrogens with zero attached hydrogens (tertiary/aromatic N) is 2. The first-order valence-corrected chi connectivity index (χ1v) is 6.28. The van der Waals surface area contributed by atoms with Crippen LogP contribution in [-0.4, -0.2) is 14.5 Å². The van der Waals surface area contributed by atoms with Gasteiger partial charge in [-0.3, -0.25) is 9.48 Å². The first-order valence-electron chi connectivity index (χ1n) is 6.28. The van der Waals surface area contributed by atoms with Crippen molar-refractivity contribution in [1.82, 2.24) is 9.36 Å². The summed E-state index contributed by atoms with van der Waals surface area (Å²) in [6, 6.07) is 7.68. The average molecular weight is 244 g/mol. The predicted molar refractivity (Wildman–Crippen MR) is 69.8 cm³/mol. The SMILES string of the molecule is Cc1ccc(-c2c(O)n3n(c2=O)CCCC3)cc1. The van der Waals surface area contributed by atoms with Crippen LogP contribution in [0.2, 0.25) is 0 Å². The van der Waals surface area contributed by atoms with Crippen LogP contribution in [0.25, 0.3) is 11.1 Å². The maximum Gasteiger partial charge on any atom is 0.278 e. The Bertz CT molecular complexity index is 635. The van der Waals surface area contributed by atoms with Gasteiger partial charge in [-0.1, -0.05) is 29.8 Å². The largest absolute Gasteiger partial charge is 0.493 e. The summed E-state index contributed by atoms with van der Waals surface area (Å²) < 4.78 is 3.34. The summed E-state index contributed by atoms with van der Waals surface area (Å²) >= 11 is 0. The summed E-state index contributed by atoms with van der Waals surface area (Å²) in [7, 11) is 0. The molecule has 0 aliphatic carbocycles. The van der Waals surface area contributed by atoms with Gasteiger partial charge in [0.1, 0.15) is 5.56 Å². The van der Waals surface area contributed by atoms with Crippen molar-refractivity contribution in [3.8, 4) is 17.0 Å². The molecule has 1 aromatic heterocycles. The van der Waals surface area contributed by atoms with Gasteiger partial charge in [0.2, 0.25) is 5.88 Å². The van der Waals surface area contributed by atoms with E-state index in [1.807, 2.05) is 31.2 Å². The molecular formula is C14H16N2O2. The van der Waals surface area contributed by atoms with Crippen molar-refractivity contribution < 1.29 is 5.11 Å². The van der Waals surface area contributed by atoms with Crippen molar-refractivity contribution in [3.63, 3.8) is 0 Å². The third kappa shape index (κ3) is 1.56. The normalized spacial score (nSPS) is 14.5. The maximum atomic E-state index is 12.3. The first-order chi connectivity index (χ1) is 8.68. The van der Waals surface area contributed by atoms with Crippen LogP contribution in [0.1, 0.15) is 18.4 Å². The van der Waals surface area contributed by atoms with Crippen LogP contribution in [0.5, 0.6) is 5.88 Å². The lowest BCUT2D eigenvalue weighted by Crippen LogP contribution is -2.27. The minimum atomic E-state index is -0.0870. The molecule has 4 heteroatoms. The molecule has 0 unspecified atom stereocenters. The number of rotatable bonds is 1. The number of benzene rings is 1. The summed E-state index contributed by atoms with van der Waals surface area (Å²) in [5.74, 6) is 0.101. The van der Waals surface area contributed by atoms with E-state index in [4.69, 9.17) is 0 Å². The van der Waals surface area contributed by atoms with E-state index in [9.17, 15) is 9.90 Å². The Labute approximate surface area is 105 Å². The van der Waals surface area contributed by atoms with E-state index in [1.54, 1.807) is 9.36 Å². The molecule has 3 rings (SSSR count). The molecule has 0 bridgehead atoms. The van der Waals surface area contributed by atoms with Crippen molar-refractivity contribution >= 4 is 0 Å². The molecule has 0 saturated heterocycles. The van der Waals surface area contributed by atoms with E-state index in [-0.39, 0.29) is 11.4 Å². The number of hydrogen-bond donors (Lipinski definition) is 1. The molecule has 4 nitrogen and oxygen atoms in total. The predicted octanol–water partition coefficient (Wildman–Crippen LogP) is 2.12. The fraction of sp³-hybridized carbons (Fsp3) is 0.357. The van der Waals surface area contributed by atoms with Gasteiger partial charge in [0, 0.05) is 13.1 Å². The molecule has 2 aromatic rings. The Kier molecular flexibility index (Phi) is 2.51. The van der Waals surface area contributed by atoms with E-state index in [1.165, 1.54) is 0 Å². The van der Waals surface area contributed by atoms with Crippen LogP contribution in [0.15, 0.2) is 29.1 Å². The van der Waals surface area contributed by atoms with Gasteiger partial charge in [-0.25, -0.2) is 4.68 Å². The second kappa shape index (κ2) is 4.05. The highest BCUT2D eigenvalue weighted by atomic mass is 16.3. The van der Waals surface area contributed by atoms with Crippen molar-refractivity contribution in [1.29, 1.82) is 0 Å². The maximum absolute atomic E-state index is 12.3. The summed E-state index contributed by atoms with van der Waals surface area (Å²) in [5, 5.41) is 10.2. The molecule has 94 valence electrons. The smallest absolute Gasteiger partial charge is 0.278 e. The van der Waals surface area contributed by atoms with Crippen LogP contribution >= 0.6 is 0 Å². The number of fused-ring (bicyclic) bond motifs is 1. The molecule has 0 fully saturated rings. The van der Waals surface area contributed by atoms with E-state index in [2.05, 4.69) is 0 Å². The molecule has 1 aliphatic heterocycles. The molecule has 1 N–H and O–H groups in total. The second-order valence-corrected chi connectivity index (χ2v) is 4.82. The molecule has 0 atom stereocenters. The van der Waals surface area contributed by atoms with Crippen molar-refractivity contribution in [3.05, 3.63) is 40.2 Å². The lowest BCUT2D eigenvalue weighted by molar-refractivity contribution is 0.305. The van der Waals surface area contributed by atoms with Crippen molar-refractivity contribution in [2.75, 3.05) is 0 Å². The van der Waals surface area contributed by atoms with Gasteiger partial charge in [0.05, 0.1) is 0 Å². The zero-order valence-electron chi connectivity index (χ0n) is 10.4. The molecule has 2 heterocycles. The van der Waals surface area contributed by atoms with Crippen LogP contribution in [0, 0.1) is 6.92 Å².